The Labute approximate surface area is 113 Å². The molecule has 0 saturated heterocycles. The van der Waals surface area contributed by atoms with Crippen molar-refractivity contribution in [1.82, 2.24) is 10.3 Å². The molecule has 0 atom stereocenters. The summed E-state index contributed by atoms with van der Waals surface area (Å²) in [5.41, 5.74) is 1.78. The Bertz CT molecular complexity index is 594. The Morgan fingerprint density at radius 2 is 2.11 bits per heavy atom. The molecule has 19 heavy (non-hydrogen) atoms. The van der Waals surface area contributed by atoms with Crippen LogP contribution in [0, 0.1) is 0 Å². The number of H-pyrrole nitrogens is 1. The molecule has 1 heterocycles. The maximum atomic E-state index is 11.9. The van der Waals surface area contributed by atoms with Crippen molar-refractivity contribution in [1.29, 1.82) is 0 Å². The Morgan fingerprint density at radius 3 is 2.74 bits per heavy atom. The van der Waals surface area contributed by atoms with Crippen molar-refractivity contribution in [2.45, 2.75) is 32.7 Å². The van der Waals surface area contributed by atoms with Crippen LogP contribution in [0.25, 0.3) is 10.9 Å². The van der Waals surface area contributed by atoms with Gasteiger partial charge in [0.15, 0.2) is 0 Å². The van der Waals surface area contributed by atoms with E-state index in [9.17, 15) is 4.79 Å². The minimum Gasteiger partial charge on any atom is -0.497 e. The first kappa shape index (κ1) is 13.5. The third-order valence-electron chi connectivity index (χ3n) is 2.84. The molecule has 2 aromatic rings. The Hall–Kier alpha value is -1.97. The van der Waals surface area contributed by atoms with Gasteiger partial charge >= 0.3 is 0 Å². The third kappa shape index (κ3) is 3.28. The van der Waals surface area contributed by atoms with Gasteiger partial charge in [0.25, 0.3) is 0 Å². The van der Waals surface area contributed by atoms with Crippen molar-refractivity contribution in [2.24, 2.45) is 0 Å². The maximum Gasteiger partial charge on any atom is 0.224 e. The lowest BCUT2D eigenvalue weighted by molar-refractivity contribution is -0.121. The predicted molar refractivity (Wildman–Crippen MR) is 76.5 cm³/mol. The number of hydrogen-bond donors (Lipinski definition) is 2. The van der Waals surface area contributed by atoms with E-state index in [0.29, 0.717) is 6.42 Å². The van der Waals surface area contributed by atoms with Crippen LogP contribution in [0.1, 0.15) is 26.3 Å². The van der Waals surface area contributed by atoms with Crippen LogP contribution >= 0.6 is 0 Å². The highest BCUT2D eigenvalue weighted by atomic mass is 16.5. The molecule has 0 radical (unpaired) electrons. The molecule has 0 unspecified atom stereocenters. The average Bonchev–Trinajstić information content (AvgIpc) is 2.69. The first-order valence-corrected chi connectivity index (χ1v) is 6.34. The zero-order valence-electron chi connectivity index (χ0n) is 11.8. The van der Waals surface area contributed by atoms with Gasteiger partial charge in [0.05, 0.1) is 13.5 Å². The Kier molecular flexibility index (Phi) is 3.51. The van der Waals surface area contributed by atoms with Crippen LogP contribution in [0.2, 0.25) is 0 Å². The van der Waals surface area contributed by atoms with Gasteiger partial charge in [-0.25, -0.2) is 0 Å². The second-order valence-corrected chi connectivity index (χ2v) is 5.70. The molecule has 0 aliphatic carbocycles. The van der Waals surface area contributed by atoms with Crippen LogP contribution in [0.5, 0.6) is 5.75 Å². The molecule has 1 aromatic carbocycles. The summed E-state index contributed by atoms with van der Waals surface area (Å²) in [5, 5.41) is 4.03. The minimum absolute atomic E-state index is 0.0317. The number of benzene rings is 1. The van der Waals surface area contributed by atoms with E-state index in [1.54, 1.807) is 7.11 Å². The van der Waals surface area contributed by atoms with Gasteiger partial charge in [0, 0.05) is 28.7 Å². The molecule has 0 spiro atoms. The van der Waals surface area contributed by atoms with E-state index in [4.69, 9.17) is 4.74 Å². The lowest BCUT2D eigenvalue weighted by Crippen LogP contribution is -2.41. The van der Waals surface area contributed by atoms with E-state index >= 15 is 0 Å². The van der Waals surface area contributed by atoms with Gasteiger partial charge in [-0.15, -0.1) is 0 Å². The standard InChI is InChI=1S/C15H20N2O2/c1-15(2,3)17-14(18)7-10-9-16-13-8-11(19-4)5-6-12(10)13/h5-6,8-9,16H,7H2,1-4H3,(H,17,18). The van der Waals surface area contributed by atoms with Crippen LogP contribution in [0.3, 0.4) is 0 Å². The van der Waals surface area contributed by atoms with Gasteiger partial charge in [-0.3, -0.25) is 4.79 Å². The van der Waals surface area contributed by atoms with Gasteiger partial charge < -0.3 is 15.0 Å². The highest BCUT2D eigenvalue weighted by Crippen LogP contribution is 2.23. The number of rotatable bonds is 3. The number of ether oxygens (including phenoxy) is 1. The fraction of sp³-hybridized carbons (Fsp3) is 0.400. The lowest BCUT2D eigenvalue weighted by atomic mass is 10.1. The molecule has 2 N–H and O–H groups in total. The molecular formula is C15H20N2O2. The zero-order chi connectivity index (χ0) is 14.0. The van der Waals surface area contributed by atoms with Crippen molar-refractivity contribution in [2.75, 3.05) is 7.11 Å². The van der Waals surface area contributed by atoms with Crippen LogP contribution < -0.4 is 10.1 Å². The molecule has 4 heteroatoms. The quantitative estimate of drug-likeness (QED) is 0.891. The number of methoxy groups -OCH3 is 1. The summed E-state index contributed by atoms with van der Waals surface area (Å²) in [5.74, 6) is 0.837. The van der Waals surface area contributed by atoms with Crippen molar-refractivity contribution < 1.29 is 9.53 Å². The molecule has 1 amide bonds. The molecule has 2 rings (SSSR count). The first-order chi connectivity index (χ1) is 8.89. The van der Waals surface area contributed by atoms with Crippen molar-refractivity contribution in [3.63, 3.8) is 0 Å². The number of carbonyl (C=O) groups is 1. The summed E-state index contributed by atoms with van der Waals surface area (Å²) in [7, 11) is 1.64. The molecule has 102 valence electrons. The van der Waals surface area contributed by atoms with Gasteiger partial charge in [-0.2, -0.15) is 0 Å². The largest absolute Gasteiger partial charge is 0.497 e. The smallest absolute Gasteiger partial charge is 0.224 e. The average molecular weight is 260 g/mol. The number of aromatic amines is 1. The van der Waals surface area contributed by atoms with Crippen LogP contribution in [-0.2, 0) is 11.2 Å². The minimum atomic E-state index is -0.202. The van der Waals surface area contributed by atoms with Gasteiger partial charge in [-0.1, -0.05) is 0 Å². The fourth-order valence-electron chi connectivity index (χ4n) is 2.07. The molecule has 0 aliphatic rings. The molecule has 0 bridgehead atoms. The summed E-state index contributed by atoms with van der Waals surface area (Å²) >= 11 is 0. The van der Waals surface area contributed by atoms with Crippen LogP contribution in [-0.4, -0.2) is 23.5 Å². The Balaban J connectivity index is 2.20. The molecule has 1 aromatic heterocycles. The van der Waals surface area contributed by atoms with E-state index in [1.807, 2.05) is 45.2 Å². The van der Waals surface area contributed by atoms with E-state index in [-0.39, 0.29) is 11.4 Å². The number of aromatic nitrogens is 1. The summed E-state index contributed by atoms with van der Waals surface area (Å²) < 4.78 is 5.18. The molecule has 0 fully saturated rings. The highest BCUT2D eigenvalue weighted by Gasteiger charge is 2.15. The lowest BCUT2D eigenvalue weighted by Gasteiger charge is -2.20. The van der Waals surface area contributed by atoms with E-state index in [2.05, 4.69) is 10.3 Å². The Morgan fingerprint density at radius 1 is 1.37 bits per heavy atom. The monoisotopic (exact) mass is 260 g/mol. The van der Waals surface area contributed by atoms with E-state index in [0.717, 1.165) is 22.2 Å². The van der Waals surface area contributed by atoms with Gasteiger partial charge in [0.1, 0.15) is 5.75 Å². The van der Waals surface area contributed by atoms with E-state index < -0.39 is 0 Å². The molecule has 0 aliphatic heterocycles. The van der Waals surface area contributed by atoms with Crippen LogP contribution in [0.4, 0.5) is 0 Å². The zero-order valence-corrected chi connectivity index (χ0v) is 11.8. The summed E-state index contributed by atoms with van der Waals surface area (Å²) in [4.78, 5) is 15.1. The topological polar surface area (TPSA) is 54.1 Å². The second kappa shape index (κ2) is 4.96. The summed E-state index contributed by atoms with van der Waals surface area (Å²) in [6.07, 6.45) is 2.26. The maximum absolute atomic E-state index is 11.9. The number of hydrogen-bond acceptors (Lipinski definition) is 2. The van der Waals surface area contributed by atoms with Gasteiger partial charge in [0.2, 0.25) is 5.91 Å². The number of nitrogens with one attached hydrogen (secondary N) is 2. The fourth-order valence-corrected chi connectivity index (χ4v) is 2.07. The first-order valence-electron chi connectivity index (χ1n) is 6.34. The molecular weight excluding hydrogens is 240 g/mol. The summed E-state index contributed by atoms with van der Waals surface area (Å²) in [6.45, 7) is 5.93. The molecule has 4 nitrogen and oxygen atoms in total. The second-order valence-electron chi connectivity index (χ2n) is 5.70. The number of amides is 1. The SMILES string of the molecule is COc1ccc2c(CC(=O)NC(C)(C)C)c[nH]c2c1. The highest BCUT2D eigenvalue weighted by molar-refractivity contribution is 5.89. The summed E-state index contributed by atoms with van der Waals surface area (Å²) in [6, 6.07) is 5.81. The predicted octanol–water partition coefficient (Wildman–Crippen LogP) is 2.63. The van der Waals surface area contributed by atoms with Crippen molar-refractivity contribution >= 4 is 16.8 Å². The third-order valence-corrected chi connectivity index (χ3v) is 2.84. The van der Waals surface area contributed by atoms with Crippen molar-refractivity contribution in [3.05, 3.63) is 30.0 Å². The van der Waals surface area contributed by atoms with Crippen LogP contribution in [0.15, 0.2) is 24.4 Å². The number of carbonyl (C=O) groups excluding carboxylic acids is 1. The van der Waals surface area contributed by atoms with E-state index in [1.165, 1.54) is 0 Å². The van der Waals surface area contributed by atoms with Crippen molar-refractivity contribution in [3.8, 4) is 5.75 Å². The normalized spacial score (nSPS) is 11.6. The molecule has 0 saturated carbocycles. The number of fused-ring (bicyclic) bond motifs is 1. The van der Waals surface area contributed by atoms with Gasteiger partial charge in [-0.05, 0) is 38.5 Å².